The molecule has 0 aromatic heterocycles. The van der Waals surface area contributed by atoms with Gasteiger partial charge < -0.3 is 20.4 Å². The molecule has 4 heteroatoms. The maximum absolute atomic E-state index is 4.34. The molecule has 1 saturated heterocycles. The van der Waals surface area contributed by atoms with Gasteiger partial charge in [0.1, 0.15) is 5.82 Å². The monoisotopic (exact) mass is 392 g/mol. The number of likely N-dealkylation sites (N-methyl/N-ethyl adjacent to an activating group) is 1. The van der Waals surface area contributed by atoms with E-state index in [1.165, 1.54) is 17.0 Å². The molecule has 0 aromatic rings. The SMILES string of the molecule is C=C/C(=C\C=C(/C)NC(=C)N1C(C)=C(/C=C\C(=C)/C(C)=C/C)N2CCC1C2)NC. The predicted molar refractivity (Wildman–Crippen MR) is 126 cm³/mol. The van der Waals surface area contributed by atoms with Gasteiger partial charge in [0.05, 0.1) is 11.7 Å². The quantitative estimate of drug-likeness (QED) is 0.544. The highest BCUT2D eigenvalue weighted by molar-refractivity contribution is 5.40. The third-order valence-electron chi connectivity index (χ3n) is 5.64. The normalized spacial score (nSPS) is 20.4. The highest BCUT2D eigenvalue weighted by Crippen LogP contribution is 2.34. The van der Waals surface area contributed by atoms with Crippen molar-refractivity contribution in [1.82, 2.24) is 20.4 Å². The maximum Gasteiger partial charge on any atom is 0.103 e. The number of allylic oxidation sites excluding steroid dienone is 10. The zero-order valence-corrected chi connectivity index (χ0v) is 18.7. The van der Waals surface area contributed by atoms with E-state index in [1.807, 2.05) is 33.0 Å². The van der Waals surface area contributed by atoms with Gasteiger partial charge in [0.25, 0.3) is 0 Å². The molecule has 0 aromatic carbocycles. The number of rotatable bonds is 9. The summed E-state index contributed by atoms with van der Waals surface area (Å²) in [6.45, 7) is 22.8. The lowest BCUT2D eigenvalue weighted by Gasteiger charge is -2.39. The average molecular weight is 393 g/mol. The van der Waals surface area contributed by atoms with E-state index < -0.39 is 0 Å². The van der Waals surface area contributed by atoms with Gasteiger partial charge in [0, 0.05) is 37.2 Å². The van der Waals surface area contributed by atoms with Gasteiger partial charge in [-0.3, -0.25) is 0 Å². The van der Waals surface area contributed by atoms with Crippen LogP contribution in [0.2, 0.25) is 0 Å². The second-order valence-electron chi connectivity index (χ2n) is 7.56. The van der Waals surface area contributed by atoms with E-state index in [0.717, 1.165) is 42.3 Å². The molecule has 1 unspecified atom stereocenters. The molecule has 0 spiro atoms. The number of fused-ring (bicyclic) bond motifs is 2. The zero-order chi connectivity index (χ0) is 21.6. The number of hydrogen-bond acceptors (Lipinski definition) is 4. The largest absolute Gasteiger partial charge is 0.388 e. The van der Waals surface area contributed by atoms with E-state index in [1.54, 1.807) is 6.08 Å². The number of nitrogens with one attached hydrogen (secondary N) is 2. The van der Waals surface area contributed by atoms with Gasteiger partial charge in [-0.1, -0.05) is 31.9 Å². The van der Waals surface area contributed by atoms with E-state index >= 15 is 0 Å². The molecule has 0 aliphatic carbocycles. The topological polar surface area (TPSA) is 30.5 Å². The Hall–Kier alpha value is -2.88. The van der Waals surface area contributed by atoms with Crippen LogP contribution in [0.1, 0.15) is 34.1 Å². The minimum absolute atomic E-state index is 0.456. The molecular weight excluding hydrogens is 356 g/mol. The standard InChI is InChI=1S/C25H36N4/c1-9-18(3)19(4)11-14-25-21(6)29(24-15-16-28(25)17-24)22(7)27-20(5)12-13-23(10-2)26-8/h9-14,24,26-27H,2,4,7,15-17H2,1,3,5-6,8H3/b14-11-,18-9+,20-12+,23-13+. The van der Waals surface area contributed by atoms with Gasteiger partial charge in [0.2, 0.25) is 0 Å². The van der Waals surface area contributed by atoms with Crippen LogP contribution >= 0.6 is 0 Å². The Balaban J connectivity index is 2.23. The predicted octanol–water partition coefficient (Wildman–Crippen LogP) is 4.94. The van der Waals surface area contributed by atoms with Gasteiger partial charge in [0.15, 0.2) is 0 Å². The van der Waals surface area contributed by atoms with Crippen molar-refractivity contribution in [2.24, 2.45) is 0 Å². The van der Waals surface area contributed by atoms with E-state index in [-0.39, 0.29) is 0 Å². The molecule has 0 saturated carbocycles. The summed E-state index contributed by atoms with van der Waals surface area (Å²) in [6.07, 6.45) is 13.4. The van der Waals surface area contributed by atoms with Crippen molar-refractivity contribution < 1.29 is 0 Å². The Bertz CT molecular complexity index is 820. The third-order valence-corrected chi connectivity index (χ3v) is 5.64. The molecule has 2 N–H and O–H groups in total. The molecule has 2 aliphatic rings. The average Bonchev–Trinajstić information content (AvgIpc) is 3.12. The van der Waals surface area contributed by atoms with Crippen LogP contribution in [0.25, 0.3) is 0 Å². The fraction of sp³-hybridized carbons (Fsp3) is 0.360. The van der Waals surface area contributed by atoms with Crippen molar-refractivity contribution in [2.45, 2.75) is 40.2 Å². The van der Waals surface area contributed by atoms with Crippen LogP contribution < -0.4 is 10.6 Å². The molecule has 1 atom stereocenters. The number of hydrogen-bond donors (Lipinski definition) is 2. The fourth-order valence-electron chi connectivity index (χ4n) is 3.74. The molecule has 156 valence electrons. The van der Waals surface area contributed by atoms with Crippen LogP contribution in [0, 0.1) is 0 Å². The lowest BCUT2D eigenvalue weighted by atomic mass is 10.1. The van der Waals surface area contributed by atoms with Crippen LogP contribution in [-0.4, -0.2) is 36.0 Å². The molecular formula is C25H36N4. The minimum Gasteiger partial charge on any atom is -0.388 e. The first kappa shape index (κ1) is 22.4. The fourth-order valence-corrected chi connectivity index (χ4v) is 3.74. The summed E-state index contributed by atoms with van der Waals surface area (Å²) in [5.41, 5.74) is 6.73. The first-order valence-corrected chi connectivity index (χ1v) is 10.2. The molecule has 29 heavy (non-hydrogen) atoms. The summed E-state index contributed by atoms with van der Waals surface area (Å²) < 4.78 is 0. The van der Waals surface area contributed by atoms with Crippen molar-refractivity contribution in [3.8, 4) is 0 Å². The summed E-state index contributed by atoms with van der Waals surface area (Å²) >= 11 is 0. The van der Waals surface area contributed by atoms with Crippen LogP contribution in [0.15, 0.2) is 95.9 Å². The Labute approximate surface area is 177 Å². The van der Waals surface area contributed by atoms with E-state index in [9.17, 15) is 0 Å². The summed E-state index contributed by atoms with van der Waals surface area (Å²) in [6, 6.07) is 0.456. The third kappa shape index (κ3) is 5.35. The Morgan fingerprint density at radius 1 is 1.21 bits per heavy atom. The second-order valence-corrected chi connectivity index (χ2v) is 7.56. The molecule has 2 bridgehead atoms. The van der Waals surface area contributed by atoms with Crippen molar-refractivity contribution in [1.29, 1.82) is 0 Å². The zero-order valence-electron chi connectivity index (χ0n) is 18.7. The minimum atomic E-state index is 0.456. The van der Waals surface area contributed by atoms with Gasteiger partial charge in [-0.25, -0.2) is 0 Å². The molecule has 2 rings (SSSR count). The first-order valence-electron chi connectivity index (χ1n) is 10.2. The van der Waals surface area contributed by atoms with Gasteiger partial charge in [-0.15, -0.1) is 0 Å². The summed E-state index contributed by atoms with van der Waals surface area (Å²) in [5, 5.41) is 6.56. The molecule has 2 aliphatic heterocycles. The van der Waals surface area contributed by atoms with Gasteiger partial charge in [-0.05, 0) is 69.6 Å². The molecule has 2 heterocycles. The summed E-state index contributed by atoms with van der Waals surface area (Å²) in [5.74, 6) is 0.912. The first-order chi connectivity index (χ1) is 13.8. The van der Waals surface area contributed by atoms with E-state index in [0.29, 0.717) is 6.04 Å². The van der Waals surface area contributed by atoms with Crippen molar-refractivity contribution >= 4 is 0 Å². The molecule has 0 amide bonds. The highest BCUT2D eigenvalue weighted by Gasteiger charge is 2.36. The summed E-state index contributed by atoms with van der Waals surface area (Å²) in [4.78, 5) is 4.81. The van der Waals surface area contributed by atoms with E-state index in [4.69, 9.17) is 0 Å². The van der Waals surface area contributed by atoms with Crippen LogP contribution in [0.3, 0.4) is 0 Å². The van der Waals surface area contributed by atoms with Crippen LogP contribution in [0.5, 0.6) is 0 Å². The van der Waals surface area contributed by atoms with Crippen molar-refractivity contribution in [3.63, 3.8) is 0 Å². The Morgan fingerprint density at radius 3 is 2.55 bits per heavy atom. The lowest BCUT2D eigenvalue weighted by Crippen LogP contribution is -2.43. The van der Waals surface area contributed by atoms with Crippen LogP contribution in [-0.2, 0) is 0 Å². The molecule has 1 fully saturated rings. The summed E-state index contributed by atoms with van der Waals surface area (Å²) in [7, 11) is 1.89. The second kappa shape index (κ2) is 10.1. The Morgan fingerprint density at radius 2 is 1.93 bits per heavy atom. The molecule has 4 nitrogen and oxygen atoms in total. The van der Waals surface area contributed by atoms with Crippen molar-refractivity contribution in [3.05, 3.63) is 95.9 Å². The van der Waals surface area contributed by atoms with Gasteiger partial charge in [-0.2, -0.15) is 0 Å². The highest BCUT2D eigenvalue weighted by atomic mass is 15.4. The molecule has 0 radical (unpaired) electrons. The Kier molecular flexibility index (Phi) is 7.77. The van der Waals surface area contributed by atoms with Crippen molar-refractivity contribution in [2.75, 3.05) is 20.1 Å². The smallest absolute Gasteiger partial charge is 0.103 e. The maximum atomic E-state index is 4.34. The lowest BCUT2D eigenvalue weighted by molar-refractivity contribution is 0.258. The van der Waals surface area contributed by atoms with Crippen LogP contribution in [0.4, 0.5) is 0 Å². The van der Waals surface area contributed by atoms with Gasteiger partial charge >= 0.3 is 0 Å². The number of nitrogens with zero attached hydrogens (tertiary/aromatic N) is 2. The van der Waals surface area contributed by atoms with E-state index in [2.05, 4.69) is 72.2 Å².